The molecule has 0 aliphatic carbocycles. The third-order valence-corrected chi connectivity index (χ3v) is 3.33. The maximum atomic E-state index is 11.6. The Hall–Kier alpha value is -1.41. The molecule has 0 saturated heterocycles. The zero-order valence-electron chi connectivity index (χ0n) is 8.24. The van der Waals surface area contributed by atoms with Crippen molar-refractivity contribution in [3.63, 3.8) is 0 Å². The largest absolute Gasteiger partial charge is 0.388 e. The SMILES string of the molecule is Cc1[nH]ncc1S(=O)(=O)NCCC(=N)N. The fraction of sp³-hybridized carbons (Fsp3) is 0.429. The number of amidine groups is 1. The van der Waals surface area contributed by atoms with E-state index >= 15 is 0 Å². The molecule has 0 aliphatic heterocycles. The maximum absolute atomic E-state index is 11.6. The third-order valence-electron chi connectivity index (χ3n) is 1.76. The molecule has 84 valence electrons. The number of aromatic nitrogens is 2. The summed E-state index contributed by atoms with van der Waals surface area (Å²) in [5.41, 5.74) is 5.58. The molecule has 8 heteroatoms. The first kappa shape index (κ1) is 11.7. The summed E-state index contributed by atoms with van der Waals surface area (Å²) in [5.74, 6) is -0.0541. The van der Waals surface area contributed by atoms with E-state index in [0.29, 0.717) is 5.69 Å². The van der Waals surface area contributed by atoms with E-state index in [2.05, 4.69) is 14.9 Å². The normalized spacial score (nSPS) is 11.5. The molecule has 0 aliphatic rings. The van der Waals surface area contributed by atoms with Crippen LogP contribution < -0.4 is 10.5 Å². The van der Waals surface area contributed by atoms with Gasteiger partial charge in [0, 0.05) is 13.0 Å². The summed E-state index contributed by atoms with van der Waals surface area (Å²) in [7, 11) is -3.54. The van der Waals surface area contributed by atoms with E-state index in [1.165, 1.54) is 6.20 Å². The minimum atomic E-state index is -3.54. The van der Waals surface area contributed by atoms with Crippen molar-refractivity contribution in [3.05, 3.63) is 11.9 Å². The van der Waals surface area contributed by atoms with Crippen molar-refractivity contribution in [2.45, 2.75) is 18.2 Å². The molecule has 7 nitrogen and oxygen atoms in total. The van der Waals surface area contributed by atoms with Gasteiger partial charge in [0.1, 0.15) is 4.90 Å². The van der Waals surface area contributed by atoms with E-state index in [-0.39, 0.29) is 23.7 Å². The highest BCUT2D eigenvalue weighted by Crippen LogP contribution is 2.10. The number of H-pyrrole nitrogens is 1. The van der Waals surface area contributed by atoms with Crippen molar-refractivity contribution in [1.82, 2.24) is 14.9 Å². The standard InChI is InChI=1S/C7H13N5O2S/c1-5-6(4-10-12-5)15(13,14)11-3-2-7(8)9/h4,11H,2-3H2,1H3,(H3,8,9)(H,10,12). The van der Waals surface area contributed by atoms with Gasteiger partial charge in [-0.3, -0.25) is 10.5 Å². The number of rotatable bonds is 5. The summed E-state index contributed by atoms with van der Waals surface area (Å²) < 4.78 is 25.6. The monoisotopic (exact) mass is 231 g/mol. The molecule has 0 unspecified atom stereocenters. The van der Waals surface area contributed by atoms with Crippen LogP contribution in [0, 0.1) is 12.3 Å². The molecular formula is C7H13N5O2S. The molecule has 1 heterocycles. The molecular weight excluding hydrogens is 218 g/mol. The van der Waals surface area contributed by atoms with Gasteiger partial charge >= 0.3 is 0 Å². The van der Waals surface area contributed by atoms with E-state index in [4.69, 9.17) is 11.1 Å². The number of aromatic amines is 1. The van der Waals surface area contributed by atoms with Crippen LogP contribution in [0.1, 0.15) is 12.1 Å². The number of hydrogen-bond acceptors (Lipinski definition) is 4. The van der Waals surface area contributed by atoms with Crippen LogP contribution in [-0.4, -0.2) is 31.0 Å². The van der Waals surface area contributed by atoms with E-state index < -0.39 is 10.0 Å². The topological polar surface area (TPSA) is 125 Å². The lowest BCUT2D eigenvalue weighted by molar-refractivity contribution is 0.582. The first-order valence-corrected chi connectivity index (χ1v) is 5.74. The zero-order valence-corrected chi connectivity index (χ0v) is 9.06. The van der Waals surface area contributed by atoms with E-state index in [1.54, 1.807) is 6.92 Å². The van der Waals surface area contributed by atoms with E-state index in [9.17, 15) is 8.42 Å². The molecule has 1 aromatic rings. The molecule has 0 saturated carbocycles. The molecule has 5 N–H and O–H groups in total. The van der Waals surface area contributed by atoms with Crippen molar-refractivity contribution in [1.29, 1.82) is 5.41 Å². The second-order valence-electron chi connectivity index (χ2n) is 3.03. The lowest BCUT2D eigenvalue weighted by atomic mass is 10.4. The second-order valence-corrected chi connectivity index (χ2v) is 4.77. The summed E-state index contributed by atoms with van der Waals surface area (Å²) in [6, 6.07) is 0. The summed E-state index contributed by atoms with van der Waals surface area (Å²) in [4.78, 5) is 0.117. The average Bonchev–Trinajstić information content (AvgIpc) is 2.50. The molecule has 0 radical (unpaired) electrons. The molecule has 0 spiro atoms. The van der Waals surface area contributed by atoms with Crippen molar-refractivity contribution in [3.8, 4) is 0 Å². The highest BCUT2D eigenvalue weighted by atomic mass is 32.2. The Morgan fingerprint density at radius 2 is 2.40 bits per heavy atom. The fourth-order valence-electron chi connectivity index (χ4n) is 1.01. The number of nitrogens with one attached hydrogen (secondary N) is 3. The minimum absolute atomic E-state index is 0.0541. The van der Waals surface area contributed by atoms with Crippen LogP contribution in [0.5, 0.6) is 0 Å². The fourth-order valence-corrected chi connectivity index (χ4v) is 2.17. The molecule has 15 heavy (non-hydrogen) atoms. The van der Waals surface area contributed by atoms with Gasteiger partial charge in [0.25, 0.3) is 0 Å². The molecule has 0 aromatic carbocycles. The Morgan fingerprint density at radius 1 is 1.73 bits per heavy atom. The van der Waals surface area contributed by atoms with Gasteiger partial charge in [-0.25, -0.2) is 13.1 Å². The molecule has 0 bridgehead atoms. The number of sulfonamides is 1. The molecule has 0 atom stereocenters. The van der Waals surface area contributed by atoms with Crippen molar-refractivity contribution < 1.29 is 8.42 Å². The van der Waals surface area contributed by atoms with Gasteiger partial charge in [-0.1, -0.05) is 0 Å². The number of nitrogens with two attached hydrogens (primary N) is 1. The predicted molar refractivity (Wildman–Crippen MR) is 55.0 cm³/mol. The van der Waals surface area contributed by atoms with Crippen molar-refractivity contribution in [2.24, 2.45) is 5.73 Å². The predicted octanol–water partition coefficient (Wildman–Crippen LogP) is -0.678. The summed E-state index contributed by atoms with van der Waals surface area (Å²) in [6.45, 7) is 1.73. The van der Waals surface area contributed by atoms with Crippen LogP contribution in [0.15, 0.2) is 11.1 Å². The minimum Gasteiger partial charge on any atom is -0.388 e. The van der Waals surface area contributed by atoms with Gasteiger partial charge in [-0.2, -0.15) is 5.10 Å². The van der Waals surface area contributed by atoms with Gasteiger partial charge in [-0.05, 0) is 6.92 Å². The maximum Gasteiger partial charge on any atom is 0.243 e. The van der Waals surface area contributed by atoms with Crippen molar-refractivity contribution >= 4 is 15.9 Å². The summed E-state index contributed by atoms with van der Waals surface area (Å²) in [6.07, 6.45) is 1.43. The molecule has 1 rings (SSSR count). The van der Waals surface area contributed by atoms with Gasteiger partial charge < -0.3 is 5.73 Å². The van der Waals surface area contributed by atoms with Crippen molar-refractivity contribution in [2.75, 3.05) is 6.54 Å². The van der Waals surface area contributed by atoms with E-state index in [1.807, 2.05) is 0 Å². The Bertz CT molecular complexity index is 450. The quantitative estimate of drug-likeness (QED) is 0.396. The summed E-state index contributed by atoms with van der Waals surface area (Å²) >= 11 is 0. The third kappa shape index (κ3) is 3.03. The van der Waals surface area contributed by atoms with Crippen LogP contribution in [0.4, 0.5) is 0 Å². The highest BCUT2D eigenvalue weighted by molar-refractivity contribution is 7.89. The van der Waals surface area contributed by atoms with Gasteiger partial charge in [0.05, 0.1) is 17.7 Å². The number of aryl methyl sites for hydroxylation is 1. The van der Waals surface area contributed by atoms with Gasteiger partial charge in [0.15, 0.2) is 0 Å². The zero-order chi connectivity index (χ0) is 11.5. The van der Waals surface area contributed by atoms with Crippen LogP contribution in [0.3, 0.4) is 0 Å². The van der Waals surface area contributed by atoms with Crippen LogP contribution in [-0.2, 0) is 10.0 Å². The molecule has 1 aromatic heterocycles. The molecule has 0 fully saturated rings. The lowest BCUT2D eigenvalue weighted by Crippen LogP contribution is -2.28. The Labute approximate surface area is 87.6 Å². The Balaban J connectivity index is 2.69. The van der Waals surface area contributed by atoms with Crippen LogP contribution in [0.25, 0.3) is 0 Å². The Morgan fingerprint density at radius 3 is 2.87 bits per heavy atom. The van der Waals surface area contributed by atoms with E-state index in [0.717, 1.165) is 0 Å². The van der Waals surface area contributed by atoms with Gasteiger partial charge in [-0.15, -0.1) is 0 Å². The average molecular weight is 231 g/mol. The lowest BCUT2D eigenvalue weighted by Gasteiger charge is -2.04. The van der Waals surface area contributed by atoms with Crippen LogP contribution >= 0.6 is 0 Å². The Kier molecular flexibility index (Phi) is 3.43. The first-order chi connectivity index (χ1) is 6.93. The smallest absolute Gasteiger partial charge is 0.243 e. The van der Waals surface area contributed by atoms with Crippen LogP contribution in [0.2, 0.25) is 0 Å². The second kappa shape index (κ2) is 4.41. The number of hydrogen-bond donors (Lipinski definition) is 4. The highest BCUT2D eigenvalue weighted by Gasteiger charge is 2.17. The number of nitrogens with zero attached hydrogens (tertiary/aromatic N) is 1. The first-order valence-electron chi connectivity index (χ1n) is 4.26. The molecule has 0 amide bonds. The van der Waals surface area contributed by atoms with Gasteiger partial charge in [0.2, 0.25) is 10.0 Å². The summed E-state index contributed by atoms with van der Waals surface area (Å²) in [5, 5.41) is 13.1.